The molecule has 1 aromatic heterocycles. The summed E-state index contributed by atoms with van der Waals surface area (Å²) in [6, 6.07) is 20.9. The van der Waals surface area contributed by atoms with Gasteiger partial charge in [-0.1, -0.05) is 36.4 Å². The van der Waals surface area contributed by atoms with Crippen LogP contribution in [0.15, 0.2) is 73.1 Å². The van der Waals surface area contributed by atoms with E-state index >= 15 is 0 Å². The summed E-state index contributed by atoms with van der Waals surface area (Å²) < 4.78 is 2.14. The number of pyridine rings is 1. The van der Waals surface area contributed by atoms with Crippen LogP contribution in [0.5, 0.6) is 0 Å². The van der Waals surface area contributed by atoms with Crippen LogP contribution in [-0.2, 0) is 0 Å². The van der Waals surface area contributed by atoms with E-state index in [-0.39, 0.29) is 0 Å². The molecule has 0 saturated carbocycles. The molecule has 1 heterocycles. The van der Waals surface area contributed by atoms with Gasteiger partial charge < -0.3 is 0 Å². The monoisotopic (exact) mass is 206 g/mol. The fraction of sp³-hybridized carbons (Fsp3) is 0. The number of fused-ring (bicyclic) bond motifs is 1. The summed E-state index contributed by atoms with van der Waals surface area (Å²) in [5.41, 5.74) is 1.22. The highest BCUT2D eigenvalue weighted by atomic mass is 14.9. The Morgan fingerprint density at radius 2 is 1.38 bits per heavy atom. The Morgan fingerprint density at radius 3 is 2.25 bits per heavy atom. The van der Waals surface area contributed by atoms with Crippen molar-refractivity contribution in [2.24, 2.45) is 0 Å². The third kappa shape index (κ3) is 1.47. The lowest BCUT2D eigenvalue weighted by atomic mass is 10.1. The van der Waals surface area contributed by atoms with Crippen molar-refractivity contribution in [1.82, 2.24) is 0 Å². The molecule has 0 saturated heterocycles. The third-order valence-electron chi connectivity index (χ3n) is 2.76. The molecule has 0 aliphatic heterocycles. The molecule has 1 heteroatoms. The van der Waals surface area contributed by atoms with Gasteiger partial charge in [-0.25, -0.2) is 0 Å². The second kappa shape index (κ2) is 3.78. The Labute approximate surface area is 94.6 Å². The van der Waals surface area contributed by atoms with E-state index < -0.39 is 0 Å². The molecule has 3 rings (SSSR count). The standard InChI is InChI=1S/C15H12N/c1-4-11-16(12-5-1)15-10-6-8-13-7-2-3-9-14(13)15/h1-12H/q+1. The molecule has 1 nitrogen and oxygen atoms in total. The van der Waals surface area contributed by atoms with Crippen molar-refractivity contribution in [3.05, 3.63) is 73.1 Å². The van der Waals surface area contributed by atoms with Crippen LogP contribution in [0.1, 0.15) is 0 Å². The molecule has 0 fully saturated rings. The molecule has 76 valence electrons. The molecule has 0 atom stereocenters. The molecule has 0 radical (unpaired) electrons. The largest absolute Gasteiger partial charge is 0.218 e. The maximum Gasteiger partial charge on any atom is 0.218 e. The van der Waals surface area contributed by atoms with E-state index in [1.165, 1.54) is 16.5 Å². The normalized spacial score (nSPS) is 10.5. The van der Waals surface area contributed by atoms with Crippen LogP contribution < -0.4 is 4.57 Å². The Morgan fingerprint density at radius 1 is 0.625 bits per heavy atom. The van der Waals surface area contributed by atoms with Crippen molar-refractivity contribution in [2.45, 2.75) is 0 Å². The van der Waals surface area contributed by atoms with Crippen molar-refractivity contribution < 1.29 is 4.57 Å². The van der Waals surface area contributed by atoms with Gasteiger partial charge in [0.1, 0.15) is 0 Å². The zero-order valence-corrected chi connectivity index (χ0v) is 8.88. The van der Waals surface area contributed by atoms with E-state index in [0.717, 1.165) is 0 Å². The van der Waals surface area contributed by atoms with Crippen LogP contribution in [0.25, 0.3) is 16.5 Å². The van der Waals surface area contributed by atoms with Crippen molar-refractivity contribution in [3.63, 3.8) is 0 Å². The molecule has 3 aromatic rings. The number of rotatable bonds is 1. The lowest BCUT2D eigenvalue weighted by Gasteiger charge is -2.00. The van der Waals surface area contributed by atoms with Gasteiger partial charge in [-0.05, 0) is 11.5 Å². The van der Waals surface area contributed by atoms with E-state index in [2.05, 4.69) is 59.4 Å². The first-order chi connectivity index (χ1) is 7.95. The minimum atomic E-state index is 1.22. The first-order valence-electron chi connectivity index (χ1n) is 5.39. The summed E-state index contributed by atoms with van der Waals surface area (Å²) >= 11 is 0. The number of nitrogens with zero attached hydrogens (tertiary/aromatic N) is 1. The first kappa shape index (κ1) is 9.10. The fourth-order valence-corrected chi connectivity index (χ4v) is 1.99. The highest BCUT2D eigenvalue weighted by Gasteiger charge is 2.08. The van der Waals surface area contributed by atoms with Crippen LogP contribution in [0, 0.1) is 0 Å². The number of hydrogen-bond donors (Lipinski definition) is 0. The van der Waals surface area contributed by atoms with Crippen LogP contribution in [0.3, 0.4) is 0 Å². The zero-order chi connectivity index (χ0) is 10.8. The quantitative estimate of drug-likeness (QED) is 0.539. The molecular formula is C15H12N+. The predicted octanol–water partition coefficient (Wildman–Crippen LogP) is 3.12. The van der Waals surface area contributed by atoms with Crippen LogP contribution in [0.4, 0.5) is 0 Å². The van der Waals surface area contributed by atoms with Crippen LogP contribution in [-0.4, -0.2) is 0 Å². The average molecular weight is 206 g/mol. The van der Waals surface area contributed by atoms with Gasteiger partial charge in [0.2, 0.25) is 5.69 Å². The second-order valence-corrected chi connectivity index (χ2v) is 3.78. The highest BCUT2D eigenvalue weighted by Crippen LogP contribution is 2.17. The minimum Gasteiger partial charge on any atom is -0.167 e. The molecule has 0 unspecified atom stereocenters. The van der Waals surface area contributed by atoms with Gasteiger partial charge in [-0.2, -0.15) is 4.57 Å². The third-order valence-corrected chi connectivity index (χ3v) is 2.76. The van der Waals surface area contributed by atoms with Crippen molar-refractivity contribution in [2.75, 3.05) is 0 Å². The Hall–Kier alpha value is -2.15. The average Bonchev–Trinajstić information content (AvgIpc) is 2.39. The summed E-state index contributed by atoms with van der Waals surface area (Å²) in [6.45, 7) is 0. The van der Waals surface area contributed by atoms with Crippen molar-refractivity contribution in [3.8, 4) is 5.69 Å². The summed E-state index contributed by atoms with van der Waals surface area (Å²) in [5, 5.41) is 2.55. The van der Waals surface area contributed by atoms with E-state index in [4.69, 9.17) is 0 Å². The molecule has 2 aromatic carbocycles. The smallest absolute Gasteiger partial charge is 0.167 e. The van der Waals surface area contributed by atoms with Crippen LogP contribution >= 0.6 is 0 Å². The van der Waals surface area contributed by atoms with E-state index in [9.17, 15) is 0 Å². The Balaban J connectivity index is 2.32. The molecule has 0 N–H and O–H groups in total. The van der Waals surface area contributed by atoms with Gasteiger partial charge in [-0.3, -0.25) is 0 Å². The van der Waals surface area contributed by atoms with E-state index in [0.29, 0.717) is 0 Å². The molecule has 0 spiro atoms. The van der Waals surface area contributed by atoms with Gasteiger partial charge in [0, 0.05) is 18.2 Å². The minimum absolute atomic E-state index is 1.22. The van der Waals surface area contributed by atoms with Crippen molar-refractivity contribution >= 4 is 10.8 Å². The van der Waals surface area contributed by atoms with Gasteiger partial charge in [0.25, 0.3) is 0 Å². The maximum absolute atomic E-state index is 2.16. The summed E-state index contributed by atoms with van der Waals surface area (Å²) in [6.07, 6.45) is 4.14. The lowest BCUT2D eigenvalue weighted by molar-refractivity contribution is -0.594. The first-order valence-corrected chi connectivity index (χ1v) is 5.39. The summed E-state index contributed by atoms with van der Waals surface area (Å²) in [4.78, 5) is 0. The summed E-state index contributed by atoms with van der Waals surface area (Å²) in [5.74, 6) is 0. The molecule has 0 aliphatic carbocycles. The van der Waals surface area contributed by atoms with Gasteiger partial charge in [0.15, 0.2) is 12.4 Å². The number of hydrogen-bond acceptors (Lipinski definition) is 0. The maximum atomic E-state index is 2.16. The zero-order valence-electron chi connectivity index (χ0n) is 8.88. The second-order valence-electron chi connectivity index (χ2n) is 3.78. The SMILES string of the molecule is c1cc[n+](-c2cccc3ccccc23)cc1. The fourth-order valence-electron chi connectivity index (χ4n) is 1.99. The lowest BCUT2D eigenvalue weighted by Crippen LogP contribution is -2.29. The number of benzene rings is 2. The van der Waals surface area contributed by atoms with Crippen molar-refractivity contribution in [1.29, 1.82) is 0 Å². The topological polar surface area (TPSA) is 3.88 Å². The predicted molar refractivity (Wildman–Crippen MR) is 65.5 cm³/mol. The number of aromatic nitrogens is 1. The molecule has 0 aliphatic rings. The molecule has 0 bridgehead atoms. The highest BCUT2D eigenvalue weighted by molar-refractivity contribution is 5.88. The van der Waals surface area contributed by atoms with Gasteiger partial charge >= 0.3 is 0 Å². The van der Waals surface area contributed by atoms with Gasteiger partial charge in [0.05, 0.1) is 5.39 Å². The Bertz CT molecular complexity index is 609. The van der Waals surface area contributed by atoms with Crippen LogP contribution in [0.2, 0.25) is 0 Å². The van der Waals surface area contributed by atoms with E-state index in [1.807, 2.05) is 18.2 Å². The van der Waals surface area contributed by atoms with E-state index in [1.54, 1.807) is 0 Å². The molecule has 0 amide bonds. The summed E-state index contributed by atoms with van der Waals surface area (Å²) in [7, 11) is 0. The Kier molecular flexibility index (Phi) is 2.15. The molecular weight excluding hydrogens is 194 g/mol. The molecule has 16 heavy (non-hydrogen) atoms. The van der Waals surface area contributed by atoms with Gasteiger partial charge in [-0.15, -0.1) is 0 Å².